The van der Waals surface area contributed by atoms with E-state index < -0.39 is 0 Å². The summed E-state index contributed by atoms with van der Waals surface area (Å²) in [5.41, 5.74) is 4.70. The summed E-state index contributed by atoms with van der Waals surface area (Å²) in [7, 11) is 0. The van der Waals surface area contributed by atoms with Crippen LogP contribution in [0, 0.1) is 0 Å². The zero-order chi connectivity index (χ0) is 11.7. The first-order chi connectivity index (χ1) is 8.36. The summed E-state index contributed by atoms with van der Waals surface area (Å²) in [6.45, 7) is 8.16. The Balaban J connectivity index is 1.82. The van der Waals surface area contributed by atoms with Crippen LogP contribution < -0.4 is 5.32 Å². The highest BCUT2D eigenvalue weighted by molar-refractivity contribution is 5.36. The normalized spacial score (nSPS) is 24.9. The summed E-state index contributed by atoms with van der Waals surface area (Å²) in [5, 5.41) is 3.46. The van der Waals surface area contributed by atoms with Gasteiger partial charge in [0, 0.05) is 19.6 Å². The van der Waals surface area contributed by atoms with E-state index in [1.807, 2.05) is 0 Å². The molecule has 92 valence electrons. The summed E-state index contributed by atoms with van der Waals surface area (Å²) in [6.07, 6.45) is 2.54. The second kappa shape index (κ2) is 4.79. The SMILES string of the molecule is CCN1CCc2cc(C3CCNC3)ccc2C1. The van der Waals surface area contributed by atoms with E-state index in [4.69, 9.17) is 0 Å². The largest absolute Gasteiger partial charge is 0.316 e. The smallest absolute Gasteiger partial charge is 0.0236 e. The molecule has 0 bridgehead atoms. The van der Waals surface area contributed by atoms with Crippen LogP contribution in [0.15, 0.2) is 18.2 Å². The molecule has 0 spiro atoms. The third-order valence-electron chi connectivity index (χ3n) is 4.30. The maximum atomic E-state index is 3.46. The Bertz CT molecular complexity index is 394. The van der Waals surface area contributed by atoms with E-state index in [9.17, 15) is 0 Å². The maximum Gasteiger partial charge on any atom is 0.0236 e. The van der Waals surface area contributed by atoms with Gasteiger partial charge >= 0.3 is 0 Å². The van der Waals surface area contributed by atoms with Gasteiger partial charge in [0.2, 0.25) is 0 Å². The molecule has 2 heteroatoms. The highest BCUT2D eigenvalue weighted by atomic mass is 15.1. The minimum Gasteiger partial charge on any atom is -0.316 e. The maximum absolute atomic E-state index is 3.46. The molecule has 0 saturated carbocycles. The molecule has 0 aliphatic carbocycles. The van der Waals surface area contributed by atoms with Crippen molar-refractivity contribution in [3.63, 3.8) is 0 Å². The number of nitrogens with zero attached hydrogens (tertiary/aromatic N) is 1. The van der Waals surface area contributed by atoms with Gasteiger partial charge in [0.1, 0.15) is 0 Å². The fraction of sp³-hybridized carbons (Fsp3) is 0.600. The van der Waals surface area contributed by atoms with Crippen molar-refractivity contribution < 1.29 is 0 Å². The van der Waals surface area contributed by atoms with Crippen LogP contribution in [0.3, 0.4) is 0 Å². The number of likely N-dealkylation sites (N-methyl/N-ethyl adjacent to an activating group) is 1. The summed E-state index contributed by atoms with van der Waals surface area (Å²) in [4.78, 5) is 2.53. The quantitative estimate of drug-likeness (QED) is 0.837. The third-order valence-corrected chi connectivity index (χ3v) is 4.30. The summed E-state index contributed by atoms with van der Waals surface area (Å²) in [5.74, 6) is 0.754. The average molecular weight is 230 g/mol. The molecule has 1 N–H and O–H groups in total. The number of nitrogens with one attached hydrogen (secondary N) is 1. The van der Waals surface area contributed by atoms with Crippen molar-refractivity contribution >= 4 is 0 Å². The van der Waals surface area contributed by atoms with Crippen molar-refractivity contribution in [1.29, 1.82) is 0 Å². The highest BCUT2D eigenvalue weighted by Gasteiger charge is 2.20. The van der Waals surface area contributed by atoms with Gasteiger partial charge in [0.05, 0.1) is 0 Å². The Labute approximate surface area is 104 Å². The molecule has 0 radical (unpaired) electrons. The molecule has 1 unspecified atom stereocenters. The molecular formula is C15H22N2. The van der Waals surface area contributed by atoms with Gasteiger partial charge < -0.3 is 5.32 Å². The molecule has 3 rings (SSSR count). The van der Waals surface area contributed by atoms with Crippen molar-refractivity contribution in [2.75, 3.05) is 26.2 Å². The molecule has 1 aromatic rings. The highest BCUT2D eigenvalue weighted by Crippen LogP contribution is 2.27. The number of rotatable bonds is 2. The van der Waals surface area contributed by atoms with E-state index >= 15 is 0 Å². The fourth-order valence-electron chi connectivity index (χ4n) is 3.09. The lowest BCUT2D eigenvalue weighted by molar-refractivity contribution is 0.268. The van der Waals surface area contributed by atoms with Gasteiger partial charge in [0.25, 0.3) is 0 Å². The molecule has 2 nitrogen and oxygen atoms in total. The summed E-state index contributed by atoms with van der Waals surface area (Å²) in [6, 6.07) is 7.19. The van der Waals surface area contributed by atoms with Gasteiger partial charge in [-0.3, -0.25) is 4.90 Å². The van der Waals surface area contributed by atoms with Crippen LogP contribution in [-0.2, 0) is 13.0 Å². The van der Waals surface area contributed by atoms with Gasteiger partial charge in [-0.05, 0) is 48.5 Å². The van der Waals surface area contributed by atoms with Crippen molar-refractivity contribution in [1.82, 2.24) is 10.2 Å². The first-order valence-electron chi connectivity index (χ1n) is 6.91. The standard InChI is InChI=1S/C15H22N2/c1-2-17-8-6-13-9-12(3-4-15(13)11-17)14-5-7-16-10-14/h3-4,9,14,16H,2,5-8,10-11H2,1H3. The topological polar surface area (TPSA) is 15.3 Å². The van der Waals surface area contributed by atoms with Crippen LogP contribution in [0.25, 0.3) is 0 Å². The fourth-order valence-corrected chi connectivity index (χ4v) is 3.09. The van der Waals surface area contributed by atoms with Crippen LogP contribution in [0.2, 0.25) is 0 Å². The first kappa shape index (κ1) is 11.2. The van der Waals surface area contributed by atoms with E-state index in [1.165, 1.54) is 39.0 Å². The second-order valence-corrected chi connectivity index (χ2v) is 5.34. The van der Waals surface area contributed by atoms with E-state index in [1.54, 1.807) is 16.7 Å². The molecule has 0 aromatic heterocycles. The molecule has 2 aliphatic rings. The lowest BCUT2D eigenvalue weighted by Crippen LogP contribution is -2.30. The van der Waals surface area contributed by atoms with Gasteiger partial charge in [-0.2, -0.15) is 0 Å². The Morgan fingerprint density at radius 1 is 1.35 bits per heavy atom. The van der Waals surface area contributed by atoms with E-state index in [-0.39, 0.29) is 0 Å². The van der Waals surface area contributed by atoms with Gasteiger partial charge in [0.15, 0.2) is 0 Å². The first-order valence-corrected chi connectivity index (χ1v) is 6.91. The van der Waals surface area contributed by atoms with Gasteiger partial charge in [-0.25, -0.2) is 0 Å². The molecule has 1 fully saturated rings. The predicted molar refractivity (Wildman–Crippen MR) is 71.3 cm³/mol. The van der Waals surface area contributed by atoms with E-state index in [0.29, 0.717) is 0 Å². The molecule has 1 saturated heterocycles. The Kier molecular flexibility index (Phi) is 3.17. The summed E-state index contributed by atoms with van der Waals surface area (Å²) >= 11 is 0. The lowest BCUT2D eigenvalue weighted by Gasteiger charge is -2.28. The molecule has 1 aromatic carbocycles. The zero-order valence-electron chi connectivity index (χ0n) is 10.7. The molecular weight excluding hydrogens is 208 g/mol. The summed E-state index contributed by atoms with van der Waals surface area (Å²) < 4.78 is 0. The lowest BCUT2D eigenvalue weighted by atomic mass is 9.91. The van der Waals surface area contributed by atoms with Crippen LogP contribution in [-0.4, -0.2) is 31.1 Å². The van der Waals surface area contributed by atoms with Gasteiger partial charge in [-0.15, -0.1) is 0 Å². The van der Waals surface area contributed by atoms with Crippen molar-refractivity contribution in [3.8, 4) is 0 Å². The number of hydrogen-bond acceptors (Lipinski definition) is 2. The van der Waals surface area contributed by atoms with Crippen molar-refractivity contribution in [2.45, 2.75) is 32.2 Å². The minimum atomic E-state index is 0.754. The van der Waals surface area contributed by atoms with Crippen LogP contribution in [0.4, 0.5) is 0 Å². The van der Waals surface area contributed by atoms with Crippen molar-refractivity contribution in [2.24, 2.45) is 0 Å². The molecule has 17 heavy (non-hydrogen) atoms. The number of benzene rings is 1. The predicted octanol–water partition coefficient (Wildman–Crippen LogP) is 2.14. The monoisotopic (exact) mass is 230 g/mol. The zero-order valence-corrected chi connectivity index (χ0v) is 10.7. The molecule has 0 amide bonds. The third kappa shape index (κ3) is 2.24. The van der Waals surface area contributed by atoms with Crippen LogP contribution in [0.1, 0.15) is 36.0 Å². The van der Waals surface area contributed by atoms with E-state index in [0.717, 1.165) is 12.5 Å². The van der Waals surface area contributed by atoms with Crippen LogP contribution in [0.5, 0.6) is 0 Å². The van der Waals surface area contributed by atoms with Crippen LogP contribution >= 0.6 is 0 Å². The molecule has 2 heterocycles. The van der Waals surface area contributed by atoms with Crippen molar-refractivity contribution in [3.05, 3.63) is 34.9 Å². The van der Waals surface area contributed by atoms with Gasteiger partial charge in [-0.1, -0.05) is 25.1 Å². The van der Waals surface area contributed by atoms with E-state index in [2.05, 4.69) is 35.3 Å². The molecule has 1 atom stereocenters. The Morgan fingerprint density at radius 2 is 2.29 bits per heavy atom. The number of hydrogen-bond donors (Lipinski definition) is 1. The minimum absolute atomic E-state index is 0.754. The number of fused-ring (bicyclic) bond motifs is 1. The average Bonchev–Trinajstić information content (AvgIpc) is 2.91. The Hall–Kier alpha value is -0.860. The second-order valence-electron chi connectivity index (χ2n) is 5.34. The molecule has 2 aliphatic heterocycles. The Morgan fingerprint density at radius 3 is 3.06 bits per heavy atom.